The van der Waals surface area contributed by atoms with Gasteiger partial charge in [0.1, 0.15) is 6.04 Å². The Morgan fingerprint density at radius 3 is 1.56 bits per heavy atom. The third-order valence-corrected chi connectivity index (χ3v) is 4.69. The highest BCUT2D eigenvalue weighted by Crippen LogP contribution is 2.13. The standard InChI is InChI=1S/C21H41NO3/c1-4-5-6-7-8-9-10-11-12-13-14-15-16-17-19(23)25-21(24)20(22)18(2)3/h18,20H,4-17,22H2,1-3H3/t20-/m0/s1. The van der Waals surface area contributed by atoms with Gasteiger partial charge in [0.15, 0.2) is 0 Å². The zero-order valence-corrected chi connectivity index (χ0v) is 16.9. The molecule has 0 bridgehead atoms. The first-order valence-corrected chi connectivity index (χ1v) is 10.5. The molecule has 0 unspecified atom stereocenters. The Labute approximate surface area is 155 Å². The zero-order valence-electron chi connectivity index (χ0n) is 16.9. The summed E-state index contributed by atoms with van der Waals surface area (Å²) in [5.41, 5.74) is 5.66. The van der Waals surface area contributed by atoms with Gasteiger partial charge in [0.2, 0.25) is 0 Å². The number of ether oxygens (including phenoxy) is 1. The van der Waals surface area contributed by atoms with E-state index >= 15 is 0 Å². The van der Waals surface area contributed by atoms with Gasteiger partial charge < -0.3 is 10.5 Å². The van der Waals surface area contributed by atoms with E-state index in [2.05, 4.69) is 6.92 Å². The lowest BCUT2D eigenvalue weighted by Gasteiger charge is -2.13. The van der Waals surface area contributed by atoms with Crippen LogP contribution in [-0.2, 0) is 14.3 Å². The number of carbonyl (C=O) groups is 2. The van der Waals surface area contributed by atoms with Crippen molar-refractivity contribution < 1.29 is 14.3 Å². The lowest BCUT2D eigenvalue weighted by Crippen LogP contribution is -2.38. The van der Waals surface area contributed by atoms with Crippen LogP contribution in [0, 0.1) is 5.92 Å². The van der Waals surface area contributed by atoms with Crippen LogP contribution in [0.1, 0.15) is 111 Å². The highest BCUT2D eigenvalue weighted by atomic mass is 16.6. The SMILES string of the molecule is CCCCCCCCCCCCCCCC(=O)OC(=O)[C@@H](N)C(C)C. The van der Waals surface area contributed by atoms with E-state index in [1.54, 1.807) is 0 Å². The van der Waals surface area contributed by atoms with Gasteiger partial charge in [-0.15, -0.1) is 0 Å². The van der Waals surface area contributed by atoms with Gasteiger partial charge in [-0.05, 0) is 12.3 Å². The van der Waals surface area contributed by atoms with Crippen molar-refractivity contribution in [3.63, 3.8) is 0 Å². The minimum absolute atomic E-state index is 0.0170. The van der Waals surface area contributed by atoms with Crippen LogP contribution in [0.2, 0.25) is 0 Å². The van der Waals surface area contributed by atoms with Crippen molar-refractivity contribution in [1.82, 2.24) is 0 Å². The largest absolute Gasteiger partial charge is 0.392 e. The Hall–Kier alpha value is -0.900. The predicted octanol–water partition coefficient (Wildman–Crippen LogP) is 5.52. The molecule has 0 heterocycles. The molecule has 0 rings (SSSR count). The van der Waals surface area contributed by atoms with Gasteiger partial charge in [0, 0.05) is 6.42 Å². The van der Waals surface area contributed by atoms with E-state index in [1.165, 1.54) is 64.2 Å². The van der Waals surface area contributed by atoms with Gasteiger partial charge in [-0.2, -0.15) is 0 Å². The average molecular weight is 356 g/mol. The Balaban J connectivity index is 3.35. The number of hydrogen-bond acceptors (Lipinski definition) is 4. The Bertz CT molecular complexity index is 342. The molecule has 4 heteroatoms. The molecule has 0 aliphatic carbocycles. The van der Waals surface area contributed by atoms with Crippen molar-refractivity contribution in [2.24, 2.45) is 11.7 Å². The topological polar surface area (TPSA) is 69.4 Å². The van der Waals surface area contributed by atoms with Gasteiger partial charge in [-0.1, -0.05) is 97.8 Å². The van der Waals surface area contributed by atoms with E-state index in [0.717, 1.165) is 19.3 Å². The third kappa shape index (κ3) is 15.1. The summed E-state index contributed by atoms with van der Waals surface area (Å²) in [4.78, 5) is 23.1. The maximum Gasteiger partial charge on any atom is 0.330 e. The van der Waals surface area contributed by atoms with Crippen LogP contribution in [0.4, 0.5) is 0 Å². The molecule has 0 aromatic heterocycles. The first-order chi connectivity index (χ1) is 12.0. The lowest BCUT2D eigenvalue weighted by atomic mass is 10.0. The van der Waals surface area contributed by atoms with Crippen molar-refractivity contribution in [1.29, 1.82) is 0 Å². The van der Waals surface area contributed by atoms with Crippen LogP contribution in [0.15, 0.2) is 0 Å². The van der Waals surface area contributed by atoms with Crippen LogP contribution in [0.25, 0.3) is 0 Å². The Kier molecular flexibility index (Phi) is 16.0. The quantitative estimate of drug-likeness (QED) is 0.225. The summed E-state index contributed by atoms with van der Waals surface area (Å²) in [6.45, 7) is 5.93. The predicted molar refractivity (Wildman–Crippen MR) is 104 cm³/mol. The molecule has 0 aromatic rings. The Morgan fingerprint density at radius 2 is 1.16 bits per heavy atom. The molecule has 2 N–H and O–H groups in total. The van der Waals surface area contributed by atoms with Gasteiger partial charge in [0.25, 0.3) is 0 Å². The molecule has 25 heavy (non-hydrogen) atoms. The normalized spacial score (nSPS) is 12.4. The molecule has 148 valence electrons. The molecular formula is C21H41NO3. The number of unbranched alkanes of at least 4 members (excludes halogenated alkanes) is 12. The monoisotopic (exact) mass is 355 g/mol. The van der Waals surface area contributed by atoms with Crippen LogP contribution >= 0.6 is 0 Å². The number of hydrogen-bond donors (Lipinski definition) is 1. The molecule has 0 spiro atoms. The molecule has 4 nitrogen and oxygen atoms in total. The molecule has 0 aromatic carbocycles. The first kappa shape index (κ1) is 24.1. The first-order valence-electron chi connectivity index (χ1n) is 10.5. The van der Waals surface area contributed by atoms with Gasteiger partial charge >= 0.3 is 11.9 Å². The Morgan fingerprint density at radius 1 is 0.760 bits per heavy atom. The van der Waals surface area contributed by atoms with Crippen LogP contribution in [-0.4, -0.2) is 18.0 Å². The third-order valence-electron chi connectivity index (χ3n) is 4.69. The van der Waals surface area contributed by atoms with Crippen LogP contribution < -0.4 is 5.73 Å². The van der Waals surface area contributed by atoms with Crippen LogP contribution in [0.5, 0.6) is 0 Å². The average Bonchev–Trinajstić information content (AvgIpc) is 2.58. The molecule has 1 atom stereocenters. The second-order valence-electron chi connectivity index (χ2n) is 7.56. The number of rotatable bonds is 16. The van der Waals surface area contributed by atoms with Crippen molar-refractivity contribution in [2.75, 3.05) is 0 Å². The summed E-state index contributed by atoms with van der Waals surface area (Å²) in [7, 11) is 0. The van der Waals surface area contributed by atoms with Crippen molar-refractivity contribution >= 4 is 11.9 Å². The maximum atomic E-state index is 11.6. The van der Waals surface area contributed by atoms with Gasteiger partial charge in [0.05, 0.1) is 0 Å². The van der Waals surface area contributed by atoms with E-state index in [9.17, 15) is 9.59 Å². The summed E-state index contributed by atoms with van der Waals surface area (Å²) in [6.07, 6.45) is 16.8. The van der Waals surface area contributed by atoms with E-state index in [0.29, 0.717) is 6.42 Å². The second-order valence-corrected chi connectivity index (χ2v) is 7.56. The number of esters is 2. The zero-order chi connectivity index (χ0) is 18.9. The lowest BCUT2D eigenvalue weighted by molar-refractivity contribution is -0.161. The van der Waals surface area contributed by atoms with E-state index in [-0.39, 0.29) is 5.92 Å². The molecule has 0 amide bonds. The molecule has 0 radical (unpaired) electrons. The summed E-state index contributed by atoms with van der Waals surface area (Å²) < 4.78 is 4.78. The molecule has 0 fully saturated rings. The van der Waals surface area contributed by atoms with Gasteiger partial charge in [-0.25, -0.2) is 4.79 Å². The summed E-state index contributed by atoms with van der Waals surface area (Å²) >= 11 is 0. The summed E-state index contributed by atoms with van der Waals surface area (Å²) in [6, 6.07) is -0.712. The van der Waals surface area contributed by atoms with E-state index in [1.807, 2.05) is 13.8 Å². The van der Waals surface area contributed by atoms with Crippen molar-refractivity contribution in [3.8, 4) is 0 Å². The molecule has 0 saturated heterocycles. The second kappa shape index (κ2) is 16.6. The fourth-order valence-corrected chi connectivity index (χ4v) is 2.79. The van der Waals surface area contributed by atoms with Crippen LogP contribution in [0.3, 0.4) is 0 Å². The number of nitrogens with two attached hydrogens (primary N) is 1. The molecule has 0 saturated carbocycles. The van der Waals surface area contributed by atoms with Crippen molar-refractivity contribution in [2.45, 2.75) is 117 Å². The van der Waals surface area contributed by atoms with E-state index < -0.39 is 18.0 Å². The van der Waals surface area contributed by atoms with Gasteiger partial charge in [-0.3, -0.25) is 4.79 Å². The minimum atomic E-state index is -0.712. The van der Waals surface area contributed by atoms with Crippen molar-refractivity contribution in [3.05, 3.63) is 0 Å². The maximum absolute atomic E-state index is 11.6. The molecule has 0 aliphatic heterocycles. The summed E-state index contributed by atoms with van der Waals surface area (Å²) in [5, 5.41) is 0. The highest BCUT2D eigenvalue weighted by molar-refractivity contribution is 5.88. The fourth-order valence-electron chi connectivity index (χ4n) is 2.79. The number of carbonyl (C=O) groups excluding carboxylic acids is 2. The molecule has 0 aliphatic rings. The molecular weight excluding hydrogens is 314 g/mol. The smallest absolute Gasteiger partial charge is 0.330 e. The summed E-state index contributed by atoms with van der Waals surface area (Å²) in [5.74, 6) is -1.06. The fraction of sp³-hybridized carbons (Fsp3) is 0.905. The highest BCUT2D eigenvalue weighted by Gasteiger charge is 2.21. The van der Waals surface area contributed by atoms with E-state index in [4.69, 9.17) is 10.5 Å². The minimum Gasteiger partial charge on any atom is -0.392 e.